The van der Waals surface area contributed by atoms with Gasteiger partial charge in [0.1, 0.15) is 5.69 Å². The maximum Gasteiger partial charge on any atom is 0.305 e. The zero-order valence-corrected chi connectivity index (χ0v) is 10.5. The number of aromatic nitrogens is 2. The summed E-state index contributed by atoms with van der Waals surface area (Å²) in [5.74, 6) is -1.31. The highest BCUT2D eigenvalue weighted by Crippen LogP contribution is 2.04. The van der Waals surface area contributed by atoms with Crippen molar-refractivity contribution in [1.29, 1.82) is 0 Å². The highest BCUT2D eigenvalue weighted by atomic mass is 16.4. The third-order valence-corrected chi connectivity index (χ3v) is 2.41. The average molecular weight is 251 g/mol. The Balaban J connectivity index is 2.65. The predicted molar refractivity (Wildman–Crippen MR) is 65.2 cm³/mol. The molecule has 98 valence electrons. The van der Waals surface area contributed by atoms with Gasteiger partial charge in [0.25, 0.3) is 5.91 Å². The first-order valence-electron chi connectivity index (χ1n) is 5.84. The Kier molecular flexibility index (Phi) is 5.23. The molecule has 6 nitrogen and oxygen atoms in total. The average Bonchev–Trinajstić information content (AvgIpc) is 2.29. The van der Waals surface area contributed by atoms with Crippen LogP contribution in [0.2, 0.25) is 0 Å². The van der Waals surface area contributed by atoms with Crippen LogP contribution >= 0.6 is 0 Å². The molecule has 1 heterocycles. The first kappa shape index (κ1) is 14.1. The molecule has 0 spiro atoms. The van der Waals surface area contributed by atoms with E-state index in [1.165, 1.54) is 12.4 Å². The number of carboxylic acids is 1. The third-order valence-electron chi connectivity index (χ3n) is 2.41. The topological polar surface area (TPSA) is 92.2 Å². The molecule has 0 aliphatic carbocycles. The van der Waals surface area contributed by atoms with Crippen LogP contribution in [0.1, 0.15) is 42.4 Å². The number of amides is 1. The fourth-order valence-corrected chi connectivity index (χ4v) is 1.55. The molecular formula is C12H17N3O3. The number of nitrogens with zero attached hydrogens (tertiary/aromatic N) is 2. The van der Waals surface area contributed by atoms with Crippen LogP contribution in [0.15, 0.2) is 12.4 Å². The molecule has 0 bridgehead atoms. The first-order chi connectivity index (χ1) is 8.52. The molecule has 1 unspecified atom stereocenters. The molecule has 1 aromatic heterocycles. The zero-order chi connectivity index (χ0) is 13.5. The summed E-state index contributed by atoms with van der Waals surface area (Å²) in [7, 11) is 0. The van der Waals surface area contributed by atoms with Gasteiger partial charge in [-0.1, -0.05) is 13.3 Å². The maximum atomic E-state index is 11.8. The normalized spacial score (nSPS) is 11.9. The van der Waals surface area contributed by atoms with Gasteiger partial charge < -0.3 is 10.4 Å². The minimum absolute atomic E-state index is 0.0845. The lowest BCUT2D eigenvalue weighted by atomic mass is 10.1. The number of carbonyl (C=O) groups is 2. The largest absolute Gasteiger partial charge is 0.481 e. The van der Waals surface area contributed by atoms with Crippen LogP contribution in [-0.2, 0) is 4.79 Å². The molecule has 0 saturated carbocycles. The standard InChI is InChI=1S/C12H17N3O3/c1-3-4-9(5-11(16)17)15-12(18)10-7-13-8(2)6-14-10/h6-7,9H,3-5H2,1-2H3,(H,15,18)(H,16,17). The highest BCUT2D eigenvalue weighted by Gasteiger charge is 2.17. The van der Waals surface area contributed by atoms with E-state index in [-0.39, 0.29) is 24.1 Å². The lowest BCUT2D eigenvalue weighted by molar-refractivity contribution is -0.137. The van der Waals surface area contributed by atoms with Gasteiger partial charge in [-0.3, -0.25) is 14.6 Å². The van der Waals surface area contributed by atoms with Gasteiger partial charge in [-0.2, -0.15) is 0 Å². The smallest absolute Gasteiger partial charge is 0.305 e. The van der Waals surface area contributed by atoms with E-state index in [1.807, 2.05) is 6.92 Å². The number of carboxylic acid groups (broad SMARTS) is 1. The molecule has 0 saturated heterocycles. The third kappa shape index (κ3) is 4.48. The molecule has 1 aromatic rings. The van der Waals surface area contributed by atoms with E-state index >= 15 is 0 Å². The summed E-state index contributed by atoms with van der Waals surface area (Å²) < 4.78 is 0. The van der Waals surface area contributed by atoms with Gasteiger partial charge in [-0.25, -0.2) is 4.98 Å². The Morgan fingerprint density at radius 3 is 2.61 bits per heavy atom. The summed E-state index contributed by atoms with van der Waals surface area (Å²) in [6, 6.07) is -0.372. The van der Waals surface area contributed by atoms with Crippen LogP contribution < -0.4 is 5.32 Å². The van der Waals surface area contributed by atoms with Gasteiger partial charge in [0.2, 0.25) is 0 Å². The van der Waals surface area contributed by atoms with Crippen molar-refractivity contribution in [3.8, 4) is 0 Å². The van der Waals surface area contributed by atoms with E-state index in [9.17, 15) is 9.59 Å². The second-order valence-electron chi connectivity index (χ2n) is 4.10. The summed E-state index contributed by atoms with van der Waals surface area (Å²) in [6.07, 6.45) is 4.23. The fraction of sp³-hybridized carbons (Fsp3) is 0.500. The van der Waals surface area contributed by atoms with E-state index in [0.717, 1.165) is 12.1 Å². The number of nitrogens with one attached hydrogen (secondary N) is 1. The number of aliphatic carboxylic acids is 1. The van der Waals surface area contributed by atoms with Gasteiger partial charge in [0, 0.05) is 12.2 Å². The van der Waals surface area contributed by atoms with Crippen molar-refractivity contribution >= 4 is 11.9 Å². The number of aryl methyl sites for hydroxylation is 1. The Labute approximate surface area is 105 Å². The minimum atomic E-state index is -0.927. The number of hydrogen-bond acceptors (Lipinski definition) is 4. The molecule has 6 heteroatoms. The molecule has 1 atom stereocenters. The molecule has 1 amide bonds. The molecule has 18 heavy (non-hydrogen) atoms. The first-order valence-corrected chi connectivity index (χ1v) is 5.84. The summed E-state index contributed by atoms with van der Waals surface area (Å²) in [5, 5.41) is 11.4. The van der Waals surface area contributed by atoms with Crippen molar-refractivity contribution in [3.63, 3.8) is 0 Å². The number of hydrogen-bond donors (Lipinski definition) is 2. The second-order valence-corrected chi connectivity index (χ2v) is 4.10. The van der Waals surface area contributed by atoms with E-state index in [1.54, 1.807) is 6.92 Å². The monoisotopic (exact) mass is 251 g/mol. The van der Waals surface area contributed by atoms with Crippen LogP contribution in [0.5, 0.6) is 0 Å². The molecule has 0 aliphatic heterocycles. The Hall–Kier alpha value is -1.98. The number of carbonyl (C=O) groups excluding carboxylic acids is 1. The molecule has 0 aromatic carbocycles. The van der Waals surface area contributed by atoms with Crippen LogP contribution in [0, 0.1) is 6.92 Å². The van der Waals surface area contributed by atoms with Crippen LogP contribution in [0.4, 0.5) is 0 Å². The predicted octanol–water partition coefficient (Wildman–Crippen LogP) is 1.16. The van der Waals surface area contributed by atoms with Crippen molar-refractivity contribution in [2.75, 3.05) is 0 Å². The second kappa shape index (κ2) is 6.68. The van der Waals surface area contributed by atoms with E-state index in [0.29, 0.717) is 6.42 Å². The van der Waals surface area contributed by atoms with Crippen molar-refractivity contribution in [3.05, 3.63) is 23.8 Å². The van der Waals surface area contributed by atoms with Gasteiger partial charge in [0.15, 0.2) is 0 Å². The molecule has 1 rings (SSSR count). The van der Waals surface area contributed by atoms with Crippen LogP contribution in [-0.4, -0.2) is 33.0 Å². The van der Waals surface area contributed by atoms with E-state index in [4.69, 9.17) is 5.11 Å². The van der Waals surface area contributed by atoms with E-state index in [2.05, 4.69) is 15.3 Å². The zero-order valence-electron chi connectivity index (χ0n) is 10.5. The molecule has 2 N–H and O–H groups in total. The van der Waals surface area contributed by atoms with Crippen LogP contribution in [0.25, 0.3) is 0 Å². The minimum Gasteiger partial charge on any atom is -0.481 e. The summed E-state index contributed by atoms with van der Waals surface area (Å²) in [6.45, 7) is 3.71. The van der Waals surface area contributed by atoms with Crippen molar-refractivity contribution in [2.45, 2.75) is 39.2 Å². The maximum absolute atomic E-state index is 11.8. The lowest BCUT2D eigenvalue weighted by Crippen LogP contribution is -2.36. The van der Waals surface area contributed by atoms with Crippen molar-refractivity contribution < 1.29 is 14.7 Å². The summed E-state index contributed by atoms with van der Waals surface area (Å²) >= 11 is 0. The van der Waals surface area contributed by atoms with Gasteiger partial charge >= 0.3 is 5.97 Å². The fourth-order valence-electron chi connectivity index (χ4n) is 1.55. The summed E-state index contributed by atoms with van der Waals surface area (Å²) in [4.78, 5) is 30.4. The molecule has 0 aliphatic rings. The summed E-state index contributed by atoms with van der Waals surface area (Å²) in [5.41, 5.74) is 0.925. The van der Waals surface area contributed by atoms with E-state index < -0.39 is 5.97 Å². The van der Waals surface area contributed by atoms with Gasteiger partial charge in [0.05, 0.1) is 18.3 Å². The SMILES string of the molecule is CCCC(CC(=O)O)NC(=O)c1cnc(C)cn1. The molecule has 0 radical (unpaired) electrons. The lowest BCUT2D eigenvalue weighted by Gasteiger charge is -2.15. The Morgan fingerprint density at radius 1 is 1.39 bits per heavy atom. The van der Waals surface area contributed by atoms with Gasteiger partial charge in [-0.05, 0) is 13.3 Å². The van der Waals surface area contributed by atoms with Crippen molar-refractivity contribution in [1.82, 2.24) is 15.3 Å². The van der Waals surface area contributed by atoms with Gasteiger partial charge in [-0.15, -0.1) is 0 Å². The Bertz CT molecular complexity index is 417. The highest BCUT2D eigenvalue weighted by molar-refractivity contribution is 5.92. The van der Waals surface area contributed by atoms with Crippen molar-refractivity contribution in [2.24, 2.45) is 0 Å². The molecular weight excluding hydrogens is 234 g/mol. The van der Waals surface area contributed by atoms with Crippen LogP contribution in [0.3, 0.4) is 0 Å². The Morgan fingerprint density at radius 2 is 2.11 bits per heavy atom. The number of rotatable bonds is 6. The molecule has 0 fully saturated rings. The quantitative estimate of drug-likeness (QED) is 0.791.